The predicted molar refractivity (Wildman–Crippen MR) is 178 cm³/mol. The fourth-order valence-electron chi connectivity index (χ4n) is 5.90. The van der Waals surface area contributed by atoms with Crippen LogP contribution in [0.25, 0.3) is 11.1 Å². The Balaban J connectivity index is 1.52. The average Bonchev–Trinajstić information content (AvgIpc) is 3.34. The van der Waals surface area contributed by atoms with Gasteiger partial charge < -0.3 is 35.5 Å². The lowest BCUT2D eigenvalue weighted by Gasteiger charge is -2.35. The first-order valence-electron chi connectivity index (χ1n) is 15.5. The number of hydrogen-bond donors (Lipinski definition) is 4. The summed E-state index contributed by atoms with van der Waals surface area (Å²) in [4.78, 5) is 74.1. The third kappa shape index (κ3) is 9.12. The van der Waals surface area contributed by atoms with Gasteiger partial charge in [0.25, 0.3) is 5.91 Å². The fourth-order valence-corrected chi connectivity index (χ4v) is 5.90. The number of fused-ring (bicyclic) bond motifs is 3. The minimum Gasteiger partial charge on any atom is -0.448 e. The van der Waals surface area contributed by atoms with Crippen molar-refractivity contribution in [2.75, 3.05) is 17.2 Å². The molecule has 1 aliphatic rings. The summed E-state index contributed by atoms with van der Waals surface area (Å²) in [5.74, 6) is -0.986. The van der Waals surface area contributed by atoms with Crippen LogP contribution in [-0.4, -0.2) is 47.5 Å². The maximum absolute atomic E-state index is 13.6. The second kappa shape index (κ2) is 15.3. The molecule has 0 radical (unpaired) electrons. The summed E-state index contributed by atoms with van der Waals surface area (Å²) in [5.41, 5.74) is 9.00. The zero-order valence-electron chi connectivity index (χ0n) is 26.8. The van der Waals surface area contributed by atoms with Crippen molar-refractivity contribution >= 4 is 46.8 Å². The number of primary amides is 1. The molecule has 47 heavy (non-hydrogen) atoms. The van der Waals surface area contributed by atoms with Gasteiger partial charge in [-0.1, -0.05) is 48.5 Å². The van der Waals surface area contributed by atoms with Crippen molar-refractivity contribution < 1.29 is 33.5 Å². The van der Waals surface area contributed by atoms with Crippen LogP contribution in [0.1, 0.15) is 86.7 Å². The van der Waals surface area contributed by atoms with Crippen LogP contribution in [0.3, 0.4) is 0 Å². The van der Waals surface area contributed by atoms with Crippen molar-refractivity contribution in [1.29, 1.82) is 0 Å². The third-order valence-corrected chi connectivity index (χ3v) is 8.37. The lowest BCUT2D eigenvalue weighted by atomic mass is 9.81. The van der Waals surface area contributed by atoms with E-state index in [0.29, 0.717) is 0 Å². The number of ketones is 3. The number of benzene rings is 3. The molecule has 0 unspecified atom stereocenters. The lowest BCUT2D eigenvalue weighted by Crippen LogP contribution is -2.49. The number of Topliss-reactive ketones (excluding diaryl/α,β-unsaturated/α-hetero) is 3. The number of carbonyl (C=O) groups excluding carboxylic acids is 6. The third-order valence-electron chi connectivity index (χ3n) is 8.37. The van der Waals surface area contributed by atoms with Crippen LogP contribution in [0.4, 0.5) is 21.0 Å². The van der Waals surface area contributed by atoms with Gasteiger partial charge >= 0.3 is 12.1 Å². The van der Waals surface area contributed by atoms with Gasteiger partial charge in [-0.25, -0.2) is 9.59 Å². The van der Waals surface area contributed by atoms with E-state index in [4.69, 9.17) is 10.5 Å². The second-order valence-corrected chi connectivity index (χ2v) is 12.0. The molecule has 3 aromatic carbocycles. The molecule has 0 atom stereocenters. The van der Waals surface area contributed by atoms with Crippen molar-refractivity contribution in [3.8, 4) is 11.1 Å². The summed E-state index contributed by atoms with van der Waals surface area (Å²) in [6, 6.07) is 19.2. The van der Waals surface area contributed by atoms with E-state index in [-0.39, 0.29) is 85.3 Å². The van der Waals surface area contributed by atoms with Gasteiger partial charge in [0.2, 0.25) is 0 Å². The molecule has 5 N–H and O–H groups in total. The molecule has 0 bridgehead atoms. The van der Waals surface area contributed by atoms with Crippen LogP contribution in [0.5, 0.6) is 0 Å². The van der Waals surface area contributed by atoms with Crippen molar-refractivity contribution in [2.45, 2.75) is 70.8 Å². The smallest absolute Gasteiger partial charge is 0.411 e. The number of nitrogens with two attached hydrogens (primary N) is 1. The highest BCUT2D eigenvalue weighted by molar-refractivity contribution is 6.01. The van der Waals surface area contributed by atoms with E-state index >= 15 is 0 Å². The first-order chi connectivity index (χ1) is 22.4. The van der Waals surface area contributed by atoms with Crippen LogP contribution in [0.15, 0.2) is 66.7 Å². The first kappa shape index (κ1) is 34.6. The monoisotopic (exact) mass is 640 g/mol. The van der Waals surface area contributed by atoms with Crippen molar-refractivity contribution in [3.63, 3.8) is 0 Å². The van der Waals surface area contributed by atoms with Crippen LogP contribution in [-0.2, 0) is 19.1 Å². The van der Waals surface area contributed by atoms with Crippen LogP contribution < -0.4 is 21.7 Å². The van der Waals surface area contributed by atoms with Crippen molar-refractivity contribution in [1.82, 2.24) is 5.32 Å². The molecule has 0 heterocycles. The minimum atomic E-state index is -1.00. The number of rotatable bonds is 15. The SMILES string of the molecule is CC(=O)CCC(CCC(C)=O)(CCC(C)=O)NC(=O)c1ccc(NC(=O)OCC2c3ccccc3-c3ccccc32)c(NC(N)=O)c1. The Kier molecular flexibility index (Phi) is 11.3. The average molecular weight is 641 g/mol. The molecule has 3 aromatic rings. The van der Waals surface area contributed by atoms with E-state index < -0.39 is 23.6 Å². The number of ether oxygens (including phenoxy) is 1. The quantitative estimate of drug-likeness (QED) is 0.155. The molecular weight excluding hydrogens is 600 g/mol. The number of amides is 4. The van der Waals surface area contributed by atoms with E-state index in [1.54, 1.807) is 0 Å². The zero-order valence-corrected chi connectivity index (χ0v) is 26.8. The maximum Gasteiger partial charge on any atom is 0.411 e. The molecule has 0 fully saturated rings. The maximum atomic E-state index is 13.6. The summed E-state index contributed by atoms with van der Waals surface area (Å²) >= 11 is 0. The molecule has 0 spiro atoms. The molecule has 11 heteroatoms. The highest BCUT2D eigenvalue weighted by Crippen LogP contribution is 2.44. The van der Waals surface area contributed by atoms with Crippen LogP contribution >= 0.6 is 0 Å². The second-order valence-electron chi connectivity index (χ2n) is 12.0. The van der Waals surface area contributed by atoms with Crippen molar-refractivity contribution in [2.24, 2.45) is 5.73 Å². The Labute approximate surface area is 273 Å². The van der Waals surface area contributed by atoms with Gasteiger partial charge in [-0.05, 0) is 80.5 Å². The van der Waals surface area contributed by atoms with Crippen LogP contribution in [0, 0.1) is 0 Å². The summed E-state index contributed by atoms with van der Waals surface area (Å²) in [7, 11) is 0. The number of carbonyl (C=O) groups is 6. The van der Waals surface area contributed by atoms with E-state index in [2.05, 4.69) is 16.0 Å². The number of nitrogens with one attached hydrogen (secondary N) is 3. The van der Waals surface area contributed by atoms with E-state index in [1.165, 1.54) is 39.0 Å². The largest absolute Gasteiger partial charge is 0.448 e. The Morgan fingerprint density at radius 3 is 1.70 bits per heavy atom. The highest BCUT2D eigenvalue weighted by atomic mass is 16.5. The number of urea groups is 1. The van der Waals surface area contributed by atoms with Gasteiger partial charge in [0, 0.05) is 36.3 Å². The number of hydrogen-bond acceptors (Lipinski definition) is 7. The minimum absolute atomic E-state index is 0.0560. The van der Waals surface area contributed by atoms with Gasteiger partial charge in [-0.15, -0.1) is 0 Å². The van der Waals surface area contributed by atoms with Gasteiger partial charge in [-0.3, -0.25) is 10.1 Å². The fraction of sp³-hybridized carbons (Fsp3) is 0.333. The molecule has 0 aliphatic heterocycles. The Morgan fingerprint density at radius 2 is 1.21 bits per heavy atom. The molecule has 0 saturated carbocycles. The lowest BCUT2D eigenvalue weighted by molar-refractivity contribution is -0.117. The van der Waals surface area contributed by atoms with Gasteiger partial charge in [-0.2, -0.15) is 0 Å². The Hall–Kier alpha value is -5.32. The topological polar surface area (TPSA) is 174 Å². The Morgan fingerprint density at radius 1 is 0.702 bits per heavy atom. The first-order valence-corrected chi connectivity index (χ1v) is 15.5. The normalized spacial score (nSPS) is 12.0. The van der Waals surface area contributed by atoms with Gasteiger partial charge in [0.15, 0.2) is 0 Å². The van der Waals surface area contributed by atoms with E-state index in [0.717, 1.165) is 22.3 Å². The van der Waals surface area contributed by atoms with E-state index in [1.807, 2.05) is 48.5 Å². The number of anilines is 2. The summed E-state index contributed by atoms with van der Waals surface area (Å²) in [5, 5.41) is 8.03. The molecular formula is C36H40N4O7. The molecule has 11 nitrogen and oxygen atoms in total. The van der Waals surface area contributed by atoms with Crippen LogP contribution in [0.2, 0.25) is 0 Å². The zero-order chi connectivity index (χ0) is 34.1. The van der Waals surface area contributed by atoms with Crippen molar-refractivity contribution in [3.05, 3.63) is 83.4 Å². The van der Waals surface area contributed by atoms with E-state index in [9.17, 15) is 28.8 Å². The molecule has 0 aromatic heterocycles. The highest BCUT2D eigenvalue weighted by Gasteiger charge is 2.33. The molecule has 4 rings (SSSR count). The Bertz CT molecular complexity index is 1610. The summed E-state index contributed by atoms with van der Waals surface area (Å²) in [6.07, 6.45) is 0.385. The molecule has 246 valence electrons. The summed E-state index contributed by atoms with van der Waals surface area (Å²) in [6.45, 7) is 4.38. The molecule has 0 saturated heterocycles. The predicted octanol–water partition coefficient (Wildman–Crippen LogP) is 6.11. The summed E-state index contributed by atoms with van der Waals surface area (Å²) < 4.78 is 5.63. The van der Waals surface area contributed by atoms with Gasteiger partial charge in [0.05, 0.1) is 11.4 Å². The molecule has 4 amide bonds. The standard InChI is InChI=1S/C36H40N4O7/c1-22(41)14-17-36(18-15-23(2)42,19-16-24(3)43)40-33(44)25-12-13-31(32(20-25)38-34(37)45)39-35(46)47-21-30-28-10-6-4-8-26(28)27-9-5-7-11-29(27)30/h4-13,20,30H,14-19,21H2,1-3H3,(H,39,46)(H,40,44)(H3,37,38,45). The van der Waals surface area contributed by atoms with Gasteiger partial charge in [0.1, 0.15) is 24.0 Å². The molecule has 1 aliphatic carbocycles.